The van der Waals surface area contributed by atoms with E-state index in [9.17, 15) is 19.8 Å². The van der Waals surface area contributed by atoms with E-state index in [0.29, 0.717) is 23.6 Å². The summed E-state index contributed by atoms with van der Waals surface area (Å²) in [7, 11) is 0. The summed E-state index contributed by atoms with van der Waals surface area (Å²) < 4.78 is 0. The number of carboxylic acids is 2. The lowest BCUT2D eigenvalue weighted by atomic mass is 9.64. The van der Waals surface area contributed by atoms with Gasteiger partial charge in [-0.1, -0.05) is 37.6 Å². The van der Waals surface area contributed by atoms with Crippen molar-refractivity contribution in [3.8, 4) is 0 Å². The van der Waals surface area contributed by atoms with E-state index in [1.54, 1.807) is 38.1 Å². The summed E-state index contributed by atoms with van der Waals surface area (Å²) in [4.78, 5) is 23.9. The van der Waals surface area contributed by atoms with Crippen molar-refractivity contribution in [2.24, 2.45) is 10.5 Å². The van der Waals surface area contributed by atoms with Gasteiger partial charge in [0.1, 0.15) is 0 Å². The second-order valence-electron chi connectivity index (χ2n) is 5.68. The molecule has 0 aliphatic carbocycles. The van der Waals surface area contributed by atoms with Crippen LogP contribution in [0.4, 0.5) is 5.69 Å². The first-order chi connectivity index (χ1) is 10.8. The van der Waals surface area contributed by atoms with E-state index in [-0.39, 0.29) is 5.71 Å². The van der Waals surface area contributed by atoms with Gasteiger partial charge in [0.15, 0.2) is 11.3 Å². The van der Waals surface area contributed by atoms with Crippen molar-refractivity contribution in [1.29, 1.82) is 0 Å². The summed E-state index contributed by atoms with van der Waals surface area (Å²) in [5.74, 6) is -2.35. The van der Waals surface area contributed by atoms with Crippen LogP contribution in [-0.2, 0) is 9.59 Å². The Bertz CT molecular complexity index is 684. The Morgan fingerprint density at radius 2 is 1.78 bits per heavy atom. The highest BCUT2D eigenvalue weighted by atomic mass is 35.5. The molecule has 0 spiro atoms. The SMILES string of the molecule is CCC1(CC)C(C(=O)O)=NN(c2ccccc2Cl)C1(C)C(=O)O. The number of halogens is 1. The van der Waals surface area contributed by atoms with E-state index >= 15 is 0 Å². The number of hydrogen-bond donors (Lipinski definition) is 2. The van der Waals surface area contributed by atoms with E-state index in [2.05, 4.69) is 5.10 Å². The minimum Gasteiger partial charge on any atom is -0.479 e. The predicted molar refractivity (Wildman–Crippen MR) is 88.1 cm³/mol. The van der Waals surface area contributed by atoms with Gasteiger partial charge in [-0.2, -0.15) is 5.10 Å². The molecule has 1 aromatic carbocycles. The number of aliphatic carboxylic acids is 2. The number of benzene rings is 1. The summed E-state index contributed by atoms with van der Waals surface area (Å²) in [5.41, 5.74) is -2.44. The quantitative estimate of drug-likeness (QED) is 0.860. The molecule has 7 heteroatoms. The predicted octanol–water partition coefficient (Wildman–Crippen LogP) is 3.25. The van der Waals surface area contributed by atoms with Gasteiger partial charge in [-0.3, -0.25) is 0 Å². The molecule has 2 rings (SSSR count). The minimum absolute atomic E-state index is 0.146. The fourth-order valence-electron chi connectivity index (χ4n) is 3.46. The van der Waals surface area contributed by atoms with Crippen molar-refractivity contribution in [3.63, 3.8) is 0 Å². The van der Waals surface area contributed by atoms with E-state index in [1.807, 2.05) is 0 Å². The molecule has 1 aliphatic heterocycles. The van der Waals surface area contributed by atoms with Gasteiger partial charge in [0.2, 0.25) is 0 Å². The zero-order chi connectivity index (χ0) is 17.4. The number of hydrazone groups is 1. The van der Waals surface area contributed by atoms with Gasteiger partial charge in [-0.15, -0.1) is 0 Å². The van der Waals surface area contributed by atoms with Crippen molar-refractivity contribution in [3.05, 3.63) is 29.3 Å². The normalized spacial score (nSPS) is 22.8. The zero-order valence-electron chi connectivity index (χ0n) is 13.2. The molecule has 1 aliphatic rings. The Morgan fingerprint density at radius 3 is 2.22 bits per heavy atom. The monoisotopic (exact) mass is 338 g/mol. The topological polar surface area (TPSA) is 90.2 Å². The maximum absolute atomic E-state index is 12.2. The summed E-state index contributed by atoms with van der Waals surface area (Å²) in [5, 5.41) is 25.3. The van der Waals surface area contributed by atoms with Crippen molar-refractivity contribution >= 4 is 34.9 Å². The number of para-hydroxylation sites is 1. The van der Waals surface area contributed by atoms with Crippen molar-refractivity contribution in [1.82, 2.24) is 0 Å². The molecule has 0 saturated carbocycles. The number of hydrogen-bond acceptors (Lipinski definition) is 4. The minimum atomic E-state index is -1.55. The number of rotatable bonds is 5. The lowest BCUT2D eigenvalue weighted by molar-refractivity contribution is -0.146. The van der Waals surface area contributed by atoms with Gasteiger partial charge < -0.3 is 10.2 Å². The number of carboxylic acid groups (broad SMARTS) is 2. The van der Waals surface area contributed by atoms with Crippen molar-refractivity contribution in [2.45, 2.75) is 39.2 Å². The van der Waals surface area contributed by atoms with E-state index < -0.39 is 22.9 Å². The Hall–Kier alpha value is -2.08. The molecule has 1 heterocycles. The highest BCUT2D eigenvalue weighted by Crippen LogP contribution is 2.51. The molecule has 124 valence electrons. The summed E-state index contributed by atoms with van der Waals surface area (Å²) >= 11 is 6.19. The fourth-order valence-corrected chi connectivity index (χ4v) is 3.68. The van der Waals surface area contributed by atoms with Gasteiger partial charge in [0.25, 0.3) is 0 Å². The van der Waals surface area contributed by atoms with Crippen LogP contribution in [0.1, 0.15) is 33.6 Å². The number of nitrogens with zero attached hydrogens (tertiary/aromatic N) is 2. The second-order valence-corrected chi connectivity index (χ2v) is 6.09. The van der Waals surface area contributed by atoms with Gasteiger partial charge in [-0.25, -0.2) is 14.6 Å². The van der Waals surface area contributed by atoms with Crippen LogP contribution in [0.15, 0.2) is 29.4 Å². The standard InChI is InChI=1S/C16H19ClN2O4/c1-4-16(5-2)12(13(20)21)18-19(15(16,3)14(22)23)11-9-7-6-8-10(11)17/h6-9H,4-5H2,1-3H3,(H,20,21)(H,22,23). The van der Waals surface area contributed by atoms with Crippen LogP contribution < -0.4 is 5.01 Å². The summed E-state index contributed by atoms with van der Waals surface area (Å²) in [6.07, 6.45) is 0.663. The molecule has 1 unspecified atom stereocenters. The molecule has 0 fully saturated rings. The average molecular weight is 339 g/mol. The molecule has 0 aromatic heterocycles. The van der Waals surface area contributed by atoms with Gasteiger partial charge >= 0.3 is 11.9 Å². The largest absolute Gasteiger partial charge is 0.479 e. The molecule has 1 atom stereocenters. The molecule has 23 heavy (non-hydrogen) atoms. The molecule has 0 radical (unpaired) electrons. The third-order valence-corrected chi connectivity index (χ3v) is 5.24. The first kappa shape index (κ1) is 17.3. The van der Waals surface area contributed by atoms with Crippen LogP contribution in [0.2, 0.25) is 5.02 Å². The van der Waals surface area contributed by atoms with Crippen LogP contribution >= 0.6 is 11.6 Å². The molecule has 0 amide bonds. The highest BCUT2D eigenvalue weighted by Gasteiger charge is 2.64. The Labute approximate surface area is 139 Å². The van der Waals surface area contributed by atoms with Crippen LogP contribution in [0.3, 0.4) is 0 Å². The van der Waals surface area contributed by atoms with E-state index in [1.165, 1.54) is 11.9 Å². The Morgan fingerprint density at radius 1 is 1.22 bits per heavy atom. The third kappa shape index (κ3) is 2.20. The Kier molecular flexibility index (Phi) is 4.39. The Balaban J connectivity index is 2.78. The van der Waals surface area contributed by atoms with Gasteiger partial charge in [-0.05, 0) is 31.9 Å². The first-order valence-electron chi connectivity index (χ1n) is 7.36. The van der Waals surface area contributed by atoms with Crippen molar-refractivity contribution in [2.75, 3.05) is 5.01 Å². The summed E-state index contributed by atoms with van der Waals surface area (Å²) in [6, 6.07) is 6.67. The first-order valence-corrected chi connectivity index (χ1v) is 7.74. The third-order valence-electron chi connectivity index (χ3n) is 4.92. The average Bonchev–Trinajstić information content (AvgIpc) is 2.78. The molecule has 6 nitrogen and oxygen atoms in total. The molecule has 2 N–H and O–H groups in total. The molecular formula is C16H19ClN2O4. The molecule has 0 saturated heterocycles. The fraction of sp³-hybridized carbons (Fsp3) is 0.438. The van der Waals surface area contributed by atoms with Crippen LogP contribution in [0.5, 0.6) is 0 Å². The zero-order valence-corrected chi connectivity index (χ0v) is 14.0. The lowest BCUT2D eigenvalue weighted by Crippen LogP contribution is -2.60. The van der Waals surface area contributed by atoms with Gasteiger partial charge in [0, 0.05) is 0 Å². The van der Waals surface area contributed by atoms with Crippen molar-refractivity contribution < 1.29 is 19.8 Å². The van der Waals surface area contributed by atoms with Crippen LogP contribution in [-0.4, -0.2) is 33.4 Å². The van der Waals surface area contributed by atoms with Crippen LogP contribution in [0.25, 0.3) is 0 Å². The second kappa shape index (κ2) is 5.85. The van der Waals surface area contributed by atoms with Gasteiger partial charge in [0.05, 0.1) is 16.1 Å². The smallest absolute Gasteiger partial charge is 0.352 e. The van der Waals surface area contributed by atoms with Crippen LogP contribution in [0, 0.1) is 5.41 Å². The molecular weight excluding hydrogens is 320 g/mol. The molecule has 0 bridgehead atoms. The maximum atomic E-state index is 12.2. The van der Waals surface area contributed by atoms with E-state index in [0.717, 1.165) is 0 Å². The van der Waals surface area contributed by atoms with E-state index in [4.69, 9.17) is 11.6 Å². The molecule has 1 aromatic rings. The maximum Gasteiger partial charge on any atom is 0.352 e. The lowest BCUT2D eigenvalue weighted by Gasteiger charge is -2.43. The number of anilines is 1. The number of carbonyl (C=O) groups is 2. The summed E-state index contributed by atoms with van der Waals surface area (Å²) in [6.45, 7) is 5.06. The highest BCUT2D eigenvalue weighted by molar-refractivity contribution is 6.40.